The summed E-state index contributed by atoms with van der Waals surface area (Å²) in [5, 5.41) is 0. The van der Waals surface area contributed by atoms with Crippen LogP contribution in [-0.4, -0.2) is 47.2 Å². The first-order valence-electron chi connectivity index (χ1n) is 11.0. The number of ketones is 2. The Balaban J connectivity index is 2.25. The summed E-state index contributed by atoms with van der Waals surface area (Å²) in [6.45, 7) is 8.62. The van der Waals surface area contributed by atoms with Gasteiger partial charge in [0, 0.05) is 25.0 Å². The minimum Gasteiger partial charge on any atom is -0.424 e. The summed E-state index contributed by atoms with van der Waals surface area (Å²) >= 11 is 0. The zero-order chi connectivity index (χ0) is 26.9. The molecule has 0 bridgehead atoms. The van der Waals surface area contributed by atoms with Crippen molar-refractivity contribution < 1.29 is 38.3 Å². The van der Waals surface area contributed by atoms with Crippen molar-refractivity contribution in [1.82, 2.24) is 9.46 Å². The predicted molar refractivity (Wildman–Crippen MR) is 130 cm³/mol. The number of nitrogens with zero attached hydrogens (tertiary/aromatic N) is 2. The molecule has 10 heteroatoms. The molecule has 0 unspecified atom stereocenters. The van der Waals surface area contributed by atoms with E-state index in [9.17, 15) is 19.2 Å². The third-order valence-corrected chi connectivity index (χ3v) is 5.59. The smallest absolute Gasteiger partial charge is 0.308 e. The number of carbonyl (C=O) groups is 4. The molecule has 1 aromatic carbocycles. The number of hydrogen-bond acceptors (Lipinski definition) is 8. The number of ether oxygens (including phenoxy) is 2. The van der Waals surface area contributed by atoms with E-state index in [2.05, 4.69) is 0 Å². The number of Topliss-reactive ketones (excluding diaryl/α,β-unsaturated/α-hetero) is 2. The van der Waals surface area contributed by atoms with Gasteiger partial charge in [0.1, 0.15) is 25.6 Å². The van der Waals surface area contributed by atoms with Gasteiger partial charge in [-0.15, -0.1) is 0 Å². The SMILES string of the molecule is COn1c(C)c(OC(C)=O)c(C(C)=O)c1-c1ccc(-c2c(C(C)=O)c(OC(C)=O)c(C)n2OC)cc1. The van der Waals surface area contributed by atoms with E-state index in [-0.39, 0.29) is 34.2 Å². The summed E-state index contributed by atoms with van der Waals surface area (Å²) in [4.78, 5) is 59.5. The van der Waals surface area contributed by atoms with Crippen molar-refractivity contribution >= 4 is 23.5 Å². The van der Waals surface area contributed by atoms with Crippen LogP contribution in [0.4, 0.5) is 0 Å². The van der Waals surface area contributed by atoms with Crippen molar-refractivity contribution in [3.8, 4) is 34.0 Å². The Bertz CT molecular complexity index is 1270. The van der Waals surface area contributed by atoms with Crippen molar-refractivity contribution in [3.05, 3.63) is 46.8 Å². The predicted octanol–water partition coefficient (Wildman–Crippen LogP) is 3.61. The second-order valence-electron chi connectivity index (χ2n) is 8.11. The van der Waals surface area contributed by atoms with E-state index in [0.29, 0.717) is 33.9 Å². The van der Waals surface area contributed by atoms with Gasteiger partial charge in [-0.25, -0.2) is 0 Å². The number of rotatable bonds is 8. The van der Waals surface area contributed by atoms with Crippen LogP contribution in [0.5, 0.6) is 11.5 Å². The molecule has 0 saturated carbocycles. The standard InChI is InChI=1S/C26H28N2O8/c1-13-25(35-17(5)31)21(15(3)29)23(27(13)33-7)19-9-11-20(12-10-19)24-22(16(4)30)26(36-18(6)32)14(2)28(24)34-8/h9-12H,1-8H3. The van der Waals surface area contributed by atoms with Gasteiger partial charge in [-0.05, 0) is 27.7 Å². The fraction of sp³-hybridized carbons (Fsp3) is 0.308. The quantitative estimate of drug-likeness (QED) is 0.343. The molecule has 0 spiro atoms. The molecule has 3 rings (SSSR count). The number of carbonyl (C=O) groups excluding carboxylic acids is 4. The Hall–Kier alpha value is -4.34. The highest BCUT2D eigenvalue weighted by atomic mass is 16.7. The van der Waals surface area contributed by atoms with Crippen molar-refractivity contribution in [2.75, 3.05) is 14.2 Å². The van der Waals surface area contributed by atoms with Crippen molar-refractivity contribution in [2.45, 2.75) is 41.5 Å². The second-order valence-corrected chi connectivity index (χ2v) is 8.11. The maximum absolute atomic E-state index is 12.6. The molecular weight excluding hydrogens is 468 g/mol. The molecule has 190 valence electrons. The first-order chi connectivity index (χ1) is 16.9. The normalized spacial score (nSPS) is 10.7. The minimum absolute atomic E-state index is 0.129. The number of esters is 2. The van der Waals surface area contributed by atoms with Crippen LogP contribution in [0.3, 0.4) is 0 Å². The average Bonchev–Trinajstić information content (AvgIpc) is 3.24. The molecule has 0 saturated heterocycles. The fourth-order valence-electron chi connectivity index (χ4n) is 4.26. The van der Waals surface area contributed by atoms with E-state index < -0.39 is 11.9 Å². The van der Waals surface area contributed by atoms with Crippen molar-refractivity contribution in [1.29, 1.82) is 0 Å². The van der Waals surface area contributed by atoms with E-state index in [4.69, 9.17) is 19.1 Å². The van der Waals surface area contributed by atoms with Crippen molar-refractivity contribution in [3.63, 3.8) is 0 Å². The molecule has 0 aliphatic carbocycles. The highest BCUT2D eigenvalue weighted by molar-refractivity contribution is 6.05. The van der Waals surface area contributed by atoms with Crippen LogP contribution in [0.15, 0.2) is 24.3 Å². The second kappa shape index (κ2) is 10.1. The average molecular weight is 497 g/mol. The summed E-state index contributed by atoms with van der Waals surface area (Å²) in [5.41, 5.74) is 3.33. The molecule has 0 radical (unpaired) electrons. The molecule has 3 aromatic rings. The monoisotopic (exact) mass is 496 g/mol. The lowest BCUT2D eigenvalue weighted by molar-refractivity contribution is -0.132. The molecule has 0 amide bonds. The van der Waals surface area contributed by atoms with Crippen LogP contribution in [0.1, 0.15) is 59.8 Å². The van der Waals surface area contributed by atoms with Crippen molar-refractivity contribution in [2.24, 2.45) is 0 Å². The molecule has 2 heterocycles. The summed E-state index contributed by atoms with van der Waals surface area (Å²) in [6, 6.07) is 6.95. The lowest BCUT2D eigenvalue weighted by Gasteiger charge is -2.13. The summed E-state index contributed by atoms with van der Waals surface area (Å²) in [7, 11) is 2.88. The summed E-state index contributed by atoms with van der Waals surface area (Å²) in [5.74, 6) is -1.48. The van der Waals surface area contributed by atoms with Crippen LogP contribution in [0, 0.1) is 13.8 Å². The van der Waals surface area contributed by atoms with E-state index >= 15 is 0 Å². The van der Waals surface area contributed by atoms with Gasteiger partial charge in [-0.3, -0.25) is 19.2 Å². The molecule has 0 aliphatic rings. The molecule has 0 atom stereocenters. The van der Waals surface area contributed by atoms with E-state index in [1.807, 2.05) is 0 Å². The highest BCUT2D eigenvalue weighted by Crippen LogP contribution is 2.40. The molecular formula is C26H28N2O8. The molecule has 0 fully saturated rings. The maximum atomic E-state index is 12.6. The van der Waals surface area contributed by atoms with Crippen LogP contribution >= 0.6 is 0 Å². The van der Waals surface area contributed by atoms with Gasteiger partial charge in [-0.1, -0.05) is 24.3 Å². The highest BCUT2D eigenvalue weighted by Gasteiger charge is 2.30. The third kappa shape index (κ3) is 4.49. The first-order valence-corrected chi connectivity index (χ1v) is 11.0. The zero-order valence-corrected chi connectivity index (χ0v) is 21.5. The van der Waals surface area contributed by atoms with Crippen LogP contribution in [0.25, 0.3) is 22.5 Å². The zero-order valence-electron chi connectivity index (χ0n) is 21.5. The van der Waals surface area contributed by atoms with Gasteiger partial charge in [0.05, 0.1) is 22.5 Å². The maximum Gasteiger partial charge on any atom is 0.308 e. The van der Waals surface area contributed by atoms with E-state index in [0.717, 1.165) is 0 Å². The van der Waals surface area contributed by atoms with Gasteiger partial charge in [0.2, 0.25) is 0 Å². The van der Waals surface area contributed by atoms with Gasteiger partial charge in [-0.2, -0.15) is 9.46 Å². The van der Waals surface area contributed by atoms with E-state index in [1.165, 1.54) is 51.4 Å². The molecule has 2 aromatic heterocycles. The van der Waals surface area contributed by atoms with Crippen LogP contribution < -0.4 is 19.1 Å². The Kier molecular flexibility index (Phi) is 7.37. The van der Waals surface area contributed by atoms with Gasteiger partial charge < -0.3 is 19.1 Å². The van der Waals surface area contributed by atoms with E-state index in [1.54, 1.807) is 38.1 Å². The Labute approximate surface area is 208 Å². The third-order valence-electron chi connectivity index (χ3n) is 5.59. The first kappa shape index (κ1) is 26.3. The number of aromatic nitrogens is 2. The summed E-state index contributed by atoms with van der Waals surface area (Å²) in [6.07, 6.45) is 0. The Morgan fingerprint density at radius 2 is 0.917 bits per heavy atom. The summed E-state index contributed by atoms with van der Waals surface area (Å²) < 4.78 is 13.5. The molecule has 10 nitrogen and oxygen atoms in total. The van der Waals surface area contributed by atoms with Crippen LogP contribution in [-0.2, 0) is 9.59 Å². The molecule has 0 aliphatic heterocycles. The van der Waals surface area contributed by atoms with Crippen LogP contribution in [0.2, 0.25) is 0 Å². The van der Waals surface area contributed by atoms with Gasteiger partial charge in [0.25, 0.3) is 0 Å². The molecule has 36 heavy (non-hydrogen) atoms. The Morgan fingerprint density at radius 1 is 0.611 bits per heavy atom. The molecule has 0 N–H and O–H groups in total. The minimum atomic E-state index is -0.563. The lowest BCUT2D eigenvalue weighted by Crippen LogP contribution is -2.11. The largest absolute Gasteiger partial charge is 0.424 e. The topological polar surface area (TPSA) is 115 Å². The Morgan fingerprint density at radius 3 is 1.14 bits per heavy atom. The van der Waals surface area contributed by atoms with Gasteiger partial charge >= 0.3 is 11.9 Å². The lowest BCUT2D eigenvalue weighted by atomic mass is 10.00. The van der Waals surface area contributed by atoms with Gasteiger partial charge in [0.15, 0.2) is 23.1 Å². The number of hydrogen-bond donors (Lipinski definition) is 0. The number of benzene rings is 1. The fourth-order valence-corrected chi connectivity index (χ4v) is 4.26.